The minimum atomic E-state index is -3.42. The van der Waals surface area contributed by atoms with Crippen LogP contribution in [0.3, 0.4) is 0 Å². The van der Waals surface area contributed by atoms with Crippen molar-refractivity contribution in [2.75, 3.05) is 6.54 Å². The molecule has 2 unspecified atom stereocenters. The molecule has 0 amide bonds. The Morgan fingerprint density at radius 2 is 2.19 bits per heavy atom. The topological polar surface area (TPSA) is 58.2 Å². The summed E-state index contributed by atoms with van der Waals surface area (Å²) in [6, 6.07) is 1.86. The third kappa shape index (κ3) is 4.76. The number of rotatable bonds is 7. The van der Waals surface area contributed by atoms with E-state index in [1.54, 1.807) is 6.07 Å². The van der Waals surface area contributed by atoms with Crippen LogP contribution in [0.25, 0.3) is 0 Å². The number of nitrogens with one attached hydrogen (secondary N) is 2. The van der Waals surface area contributed by atoms with E-state index in [1.165, 1.54) is 11.3 Å². The minimum Gasteiger partial charge on any atom is -0.312 e. The van der Waals surface area contributed by atoms with Crippen LogP contribution in [0.4, 0.5) is 0 Å². The fourth-order valence-corrected chi connectivity index (χ4v) is 6.59. The lowest BCUT2D eigenvalue weighted by Crippen LogP contribution is -2.32. The van der Waals surface area contributed by atoms with Crippen molar-refractivity contribution in [1.82, 2.24) is 10.0 Å². The molecule has 1 aliphatic rings. The van der Waals surface area contributed by atoms with Crippen molar-refractivity contribution in [1.29, 1.82) is 0 Å². The fourth-order valence-electron chi connectivity index (χ4n) is 2.65. The van der Waals surface area contributed by atoms with Crippen LogP contribution in [0.15, 0.2) is 14.7 Å². The molecule has 0 spiro atoms. The highest BCUT2D eigenvalue weighted by molar-refractivity contribution is 9.11. The fraction of sp³-hybridized carbons (Fsp3) is 0.714. The molecule has 21 heavy (non-hydrogen) atoms. The summed E-state index contributed by atoms with van der Waals surface area (Å²) in [6.07, 6.45) is 4.04. The van der Waals surface area contributed by atoms with Crippen LogP contribution < -0.4 is 10.0 Å². The Morgan fingerprint density at radius 1 is 1.43 bits per heavy atom. The molecule has 1 heterocycles. The summed E-state index contributed by atoms with van der Waals surface area (Å²) in [5.41, 5.74) is 0. The Morgan fingerprint density at radius 3 is 2.81 bits per heavy atom. The van der Waals surface area contributed by atoms with Crippen LogP contribution in [0, 0.1) is 5.92 Å². The van der Waals surface area contributed by atoms with Crippen molar-refractivity contribution >= 4 is 37.3 Å². The SMILES string of the molecule is CCCNCc1cc(S(=O)(=O)NC2CCC(C)C2)c(Br)s1. The first kappa shape index (κ1) is 17.4. The average Bonchev–Trinajstić information content (AvgIpc) is 2.96. The van der Waals surface area contributed by atoms with Gasteiger partial charge in [0.2, 0.25) is 10.0 Å². The van der Waals surface area contributed by atoms with Gasteiger partial charge in [0.15, 0.2) is 0 Å². The molecule has 0 aliphatic heterocycles. The van der Waals surface area contributed by atoms with Crippen LogP contribution in [0.1, 0.15) is 44.4 Å². The average molecular weight is 395 g/mol. The number of thiophene rings is 1. The molecule has 4 nitrogen and oxygen atoms in total. The number of sulfonamides is 1. The van der Waals surface area contributed by atoms with Gasteiger partial charge in [-0.1, -0.05) is 13.8 Å². The monoisotopic (exact) mass is 394 g/mol. The first-order valence-corrected chi connectivity index (χ1v) is 10.5. The predicted molar refractivity (Wildman–Crippen MR) is 91.1 cm³/mol. The molecule has 1 saturated carbocycles. The van der Waals surface area contributed by atoms with Gasteiger partial charge < -0.3 is 5.32 Å². The highest BCUT2D eigenvalue weighted by Gasteiger charge is 2.28. The van der Waals surface area contributed by atoms with Crippen molar-refractivity contribution in [3.63, 3.8) is 0 Å². The van der Waals surface area contributed by atoms with Crippen LogP contribution in [0.2, 0.25) is 0 Å². The maximum Gasteiger partial charge on any atom is 0.242 e. The van der Waals surface area contributed by atoms with E-state index >= 15 is 0 Å². The zero-order valence-electron chi connectivity index (χ0n) is 12.5. The van der Waals surface area contributed by atoms with Crippen LogP contribution >= 0.6 is 27.3 Å². The molecule has 0 radical (unpaired) electrons. The van der Waals surface area contributed by atoms with Gasteiger partial charge in [0.1, 0.15) is 4.90 Å². The number of halogens is 1. The Balaban J connectivity index is 2.05. The van der Waals surface area contributed by atoms with Crippen molar-refractivity contribution in [3.8, 4) is 0 Å². The van der Waals surface area contributed by atoms with E-state index in [-0.39, 0.29) is 6.04 Å². The van der Waals surface area contributed by atoms with Crippen LogP contribution in [-0.2, 0) is 16.6 Å². The zero-order valence-corrected chi connectivity index (χ0v) is 15.7. The first-order valence-electron chi connectivity index (χ1n) is 7.43. The zero-order chi connectivity index (χ0) is 15.5. The van der Waals surface area contributed by atoms with Crippen LogP contribution in [0.5, 0.6) is 0 Å². The Labute approximate surface area is 139 Å². The molecule has 2 atom stereocenters. The van der Waals surface area contributed by atoms with E-state index < -0.39 is 10.0 Å². The Hall–Kier alpha value is 0.0500. The van der Waals surface area contributed by atoms with Gasteiger partial charge >= 0.3 is 0 Å². The van der Waals surface area contributed by atoms with Gasteiger partial charge in [0, 0.05) is 17.5 Å². The molecular weight excluding hydrogens is 372 g/mol. The summed E-state index contributed by atoms with van der Waals surface area (Å²) in [4.78, 5) is 1.41. The molecule has 2 N–H and O–H groups in total. The Kier molecular flexibility index (Phi) is 6.25. The van der Waals surface area contributed by atoms with Gasteiger partial charge in [-0.05, 0) is 60.1 Å². The number of hydrogen-bond donors (Lipinski definition) is 2. The summed E-state index contributed by atoms with van der Waals surface area (Å²) in [5, 5.41) is 3.30. The second kappa shape index (κ2) is 7.55. The molecule has 0 saturated heterocycles. The van der Waals surface area contributed by atoms with Crippen LogP contribution in [-0.4, -0.2) is 21.0 Å². The normalized spacial score (nSPS) is 22.8. The van der Waals surface area contributed by atoms with E-state index in [9.17, 15) is 8.42 Å². The molecule has 1 aromatic rings. The third-order valence-electron chi connectivity index (χ3n) is 3.74. The summed E-state index contributed by atoms with van der Waals surface area (Å²) < 4.78 is 28.5. The molecule has 120 valence electrons. The quantitative estimate of drug-likeness (QED) is 0.695. The third-order valence-corrected chi connectivity index (χ3v) is 7.51. The van der Waals surface area contributed by atoms with Crippen molar-refractivity contribution in [3.05, 3.63) is 14.7 Å². The highest BCUT2D eigenvalue weighted by Crippen LogP contribution is 2.33. The Bertz CT molecular complexity index is 572. The minimum absolute atomic E-state index is 0.0819. The summed E-state index contributed by atoms with van der Waals surface area (Å²) >= 11 is 4.88. The summed E-state index contributed by atoms with van der Waals surface area (Å²) in [7, 11) is -3.42. The molecule has 2 rings (SSSR count). The molecule has 0 bridgehead atoms. The predicted octanol–water partition coefficient (Wildman–Crippen LogP) is 3.48. The second-order valence-corrected chi connectivity index (χ2v) is 9.90. The van der Waals surface area contributed by atoms with E-state index in [0.29, 0.717) is 21.1 Å². The van der Waals surface area contributed by atoms with Crippen molar-refractivity contribution < 1.29 is 8.42 Å². The molecule has 0 aromatic carbocycles. The number of hydrogen-bond acceptors (Lipinski definition) is 4. The lowest BCUT2D eigenvalue weighted by Gasteiger charge is -2.12. The van der Waals surface area contributed by atoms with Gasteiger partial charge in [-0.3, -0.25) is 0 Å². The molecule has 1 aromatic heterocycles. The first-order chi connectivity index (χ1) is 9.92. The molecule has 1 fully saturated rings. The largest absolute Gasteiger partial charge is 0.312 e. The van der Waals surface area contributed by atoms with Gasteiger partial charge in [0.05, 0.1) is 3.79 Å². The molecular formula is C14H23BrN2O2S2. The lowest BCUT2D eigenvalue weighted by molar-refractivity contribution is 0.538. The van der Waals surface area contributed by atoms with E-state index in [2.05, 4.69) is 39.8 Å². The van der Waals surface area contributed by atoms with Crippen molar-refractivity contribution in [2.24, 2.45) is 5.92 Å². The van der Waals surface area contributed by atoms with E-state index in [4.69, 9.17) is 0 Å². The maximum atomic E-state index is 12.5. The van der Waals surface area contributed by atoms with E-state index in [0.717, 1.165) is 37.1 Å². The lowest BCUT2D eigenvalue weighted by atomic mass is 10.1. The van der Waals surface area contributed by atoms with E-state index in [1.807, 2.05) is 0 Å². The summed E-state index contributed by atoms with van der Waals surface area (Å²) in [5.74, 6) is 0.609. The standard InChI is InChI=1S/C14H23BrN2O2S2/c1-3-6-16-9-12-8-13(14(15)20-12)21(18,19)17-11-5-4-10(2)7-11/h8,10-11,16-17H,3-7,9H2,1-2H3. The second-order valence-electron chi connectivity index (χ2n) is 5.76. The van der Waals surface area contributed by atoms with Gasteiger partial charge in [0.25, 0.3) is 0 Å². The maximum absolute atomic E-state index is 12.5. The van der Waals surface area contributed by atoms with Gasteiger partial charge in [-0.15, -0.1) is 11.3 Å². The molecule has 7 heteroatoms. The van der Waals surface area contributed by atoms with Crippen molar-refractivity contribution in [2.45, 2.75) is 57.0 Å². The van der Waals surface area contributed by atoms with Gasteiger partial charge in [-0.25, -0.2) is 13.1 Å². The highest BCUT2D eigenvalue weighted by atomic mass is 79.9. The molecule has 1 aliphatic carbocycles. The smallest absolute Gasteiger partial charge is 0.242 e. The summed E-state index contributed by atoms with van der Waals surface area (Å²) in [6.45, 7) is 5.94. The van der Waals surface area contributed by atoms with Gasteiger partial charge in [-0.2, -0.15) is 0 Å².